The number of halogens is 1. The van der Waals surface area contributed by atoms with Crippen molar-refractivity contribution >= 4 is 40.3 Å². The number of rotatable bonds is 9. The van der Waals surface area contributed by atoms with E-state index in [-0.39, 0.29) is 23.9 Å². The van der Waals surface area contributed by atoms with E-state index >= 15 is 0 Å². The summed E-state index contributed by atoms with van der Waals surface area (Å²) in [6, 6.07) is 20.8. The first kappa shape index (κ1) is 25.7. The second-order valence-corrected chi connectivity index (χ2v) is 8.69. The molecule has 0 saturated heterocycles. The number of non-ortho nitro benzene ring substituents is 1. The summed E-state index contributed by atoms with van der Waals surface area (Å²) in [5.41, 5.74) is 2.10. The van der Waals surface area contributed by atoms with Gasteiger partial charge >= 0.3 is 0 Å². The Balaban J connectivity index is 1.79. The molecule has 3 aromatic carbocycles. The summed E-state index contributed by atoms with van der Waals surface area (Å²) >= 11 is 2.07. The molecule has 1 amide bonds. The summed E-state index contributed by atoms with van der Waals surface area (Å²) in [5.74, 6) is 0.380. The fraction of sp³-hybridized carbons (Fsp3) is 0.154. The van der Waals surface area contributed by atoms with E-state index in [1.807, 2.05) is 43.3 Å². The van der Waals surface area contributed by atoms with Crippen LogP contribution in [0.25, 0.3) is 6.08 Å². The van der Waals surface area contributed by atoms with Gasteiger partial charge in [-0.15, -0.1) is 0 Å². The second kappa shape index (κ2) is 12.0. The summed E-state index contributed by atoms with van der Waals surface area (Å²) in [6.07, 6.45) is 1.49. The molecule has 1 atom stereocenters. The molecule has 0 aliphatic heterocycles. The molecule has 0 aliphatic rings. The molecule has 178 valence electrons. The Hall–Kier alpha value is -3.91. The second-order valence-electron chi connectivity index (χ2n) is 7.53. The lowest BCUT2D eigenvalue weighted by atomic mass is 10.1. The van der Waals surface area contributed by atoms with Crippen LogP contribution in [0.3, 0.4) is 0 Å². The summed E-state index contributed by atoms with van der Waals surface area (Å²) in [6.45, 7) is 1.95. The Kier molecular flexibility index (Phi) is 8.80. The first-order valence-corrected chi connectivity index (χ1v) is 11.6. The quantitative estimate of drug-likeness (QED) is 0.116. The maximum Gasteiger partial charge on any atom is 0.269 e. The average Bonchev–Trinajstić information content (AvgIpc) is 2.86. The Morgan fingerprint density at radius 3 is 2.60 bits per heavy atom. The van der Waals surface area contributed by atoms with Crippen LogP contribution in [0.4, 0.5) is 5.69 Å². The van der Waals surface area contributed by atoms with Crippen LogP contribution in [0.5, 0.6) is 11.5 Å². The minimum Gasteiger partial charge on any atom is -0.493 e. The van der Waals surface area contributed by atoms with E-state index in [4.69, 9.17) is 9.47 Å². The van der Waals surface area contributed by atoms with E-state index in [1.54, 1.807) is 24.3 Å². The number of amides is 1. The van der Waals surface area contributed by atoms with Crippen molar-refractivity contribution < 1.29 is 19.2 Å². The fourth-order valence-corrected chi connectivity index (χ4v) is 4.07. The number of nitro benzene ring substituents is 1. The molecule has 0 heterocycles. The molecule has 0 unspecified atom stereocenters. The summed E-state index contributed by atoms with van der Waals surface area (Å²) < 4.78 is 12.0. The van der Waals surface area contributed by atoms with Gasteiger partial charge in [-0.3, -0.25) is 14.9 Å². The summed E-state index contributed by atoms with van der Waals surface area (Å²) in [7, 11) is 1.48. The topological polar surface area (TPSA) is 114 Å². The van der Waals surface area contributed by atoms with Crippen molar-refractivity contribution in [3.8, 4) is 17.6 Å². The number of methoxy groups -OCH3 is 1. The molecule has 35 heavy (non-hydrogen) atoms. The highest BCUT2D eigenvalue weighted by molar-refractivity contribution is 14.1. The number of nitro groups is 1. The number of benzene rings is 3. The largest absolute Gasteiger partial charge is 0.493 e. The van der Waals surface area contributed by atoms with Crippen molar-refractivity contribution in [1.29, 1.82) is 5.26 Å². The van der Waals surface area contributed by atoms with E-state index in [1.165, 1.54) is 25.3 Å². The maximum absolute atomic E-state index is 12.7. The summed E-state index contributed by atoms with van der Waals surface area (Å²) in [4.78, 5) is 23.2. The van der Waals surface area contributed by atoms with E-state index in [9.17, 15) is 20.2 Å². The molecule has 0 fully saturated rings. The van der Waals surface area contributed by atoms with Gasteiger partial charge in [-0.2, -0.15) is 5.26 Å². The lowest BCUT2D eigenvalue weighted by Crippen LogP contribution is -2.27. The molecular weight excluding hydrogens is 561 g/mol. The Morgan fingerprint density at radius 1 is 1.20 bits per heavy atom. The zero-order valence-corrected chi connectivity index (χ0v) is 21.2. The normalized spacial score (nSPS) is 11.8. The minimum absolute atomic E-state index is 0.0165. The number of carbonyl (C=O) groups is 1. The molecule has 1 N–H and O–H groups in total. The average molecular weight is 583 g/mol. The number of carbonyl (C=O) groups excluding carboxylic acids is 1. The van der Waals surface area contributed by atoms with Crippen molar-refractivity contribution in [1.82, 2.24) is 5.32 Å². The minimum atomic E-state index is -0.483. The molecule has 8 nitrogen and oxygen atoms in total. The van der Waals surface area contributed by atoms with Gasteiger partial charge in [0.25, 0.3) is 11.6 Å². The van der Waals surface area contributed by atoms with Crippen LogP contribution < -0.4 is 14.8 Å². The maximum atomic E-state index is 12.7. The van der Waals surface area contributed by atoms with Gasteiger partial charge in [0.1, 0.15) is 18.2 Å². The monoisotopic (exact) mass is 583 g/mol. The number of nitriles is 1. The van der Waals surface area contributed by atoms with E-state index in [0.29, 0.717) is 26.2 Å². The van der Waals surface area contributed by atoms with Crippen LogP contribution in [0.1, 0.15) is 29.7 Å². The van der Waals surface area contributed by atoms with Crippen LogP contribution in [0.2, 0.25) is 0 Å². The van der Waals surface area contributed by atoms with Gasteiger partial charge < -0.3 is 14.8 Å². The third-order valence-electron chi connectivity index (χ3n) is 5.08. The van der Waals surface area contributed by atoms with E-state index in [0.717, 1.165) is 5.56 Å². The van der Waals surface area contributed by atoms with Crippen LogP contribution in [-0.2, 0) is 11.4 Å². The van der Waals surface area contributed by atoms with Crippen molar-refractivity contribution in [2.75, 3.05) is 7.11 Å². The lowest BCUT2D eigenvalue weighted by molar-refractivity contribution is -0.384. The fourth-order valence-electron chi connectivity index (χ4n) is 3.29. The Bertz CT molecular complexity index is 1300. The van der Waals surface area contributed by atoms with Gasteiger partial charge in [0.15, 0.2) is 11.5 Å². The highest BCUT2D eigenvalue weighted by Crippen LogP contribution is 2.35. The van der Waals surface area contributed by atoms with Crippen molar-refractivity contribution in [2.24, 2.45) is 0 Å². The first-order valence-electron chi connectivity index (χ1n) is 10.5. The lowest BCUT2D eigenvalue weighted by Gasteiger charge is -2.15. The number of hydrogen-bond acceptors (Lipinski definition) is 6. The van der Waals surface area contributed by atoms with Crippen LogP contribution in [-0.4, -0.2) is 17.9 Å². The first-order chi connectivity index (χ1) is 16.8. The smallest absolute Gasteiger partial charge is 0.269 e. The number of ether oxygens (including phenoxy) is 2. The van der Waals surface area contributed by atoms with Gasteiger partial charge in [0.2, 0.25) is 0 Å². The zero-order valence-electron chi connectivity index (χ0n) is 19.0. The number of nitrogens with one attached hydrogen (secondary N) is 1. The molecule has 3 rings (SSSR count). The van der Waals surface area contributed by atoms with Gasteiger partial charge in [0.05, 0.1) is 21.6 Å². The molecule has 0 spiro atoms. The predicted octanol–water partition coefficient (Wildman–Crippen LogP) is 5.57. The van der Waals surface area contributed by atoms with Crippen LogP contribution in [0, 0.1) is 25.0 Å². The van der Waals surface area contributed by atoms with Crippen molar-refractivity contribution in [3.63, 3.8) is 0 Å². The number of hydrogen-bond donors (Lipinski definition) is 1. The highest BCUT2D eigenvalue weighted by atomic mass is 127. The molecule has 0 aliphatic carbocycles. The Labute approximate surface area is 216 Å². The molecule has 0 aromatic heterocycles. The molecule has 3 aromatic rings. The predicted molar refractivity (Wildman–Crippen MR) is 140 cm³/mol. The van der Waals surface area contributed by atoms with E-state index < -0.39 is 10.8 Å². The molecule has 0 bridgehead atoms. The van der Waals surface area contributed by atoms with Crippen LogP contribution >= 0.6 is 22.6 Å². The van der Waals surface area contributed by atoms with Gasteiger partial charge in [-0.05, 0) is 64.4 Å². The number of nitrogens with zero attached hydrogens (tertiary/aromatic N) is 2. The molecule has 9 heteroatoms. The standard InChI is InChI=1S/C26H22IN3O5/c1-17(20-8-4-3-5-9-20)29-26(31)21(15-28)11-19-13-23(27)25(24(14-19)34-2)35-16-18-7-6-10-22(12-18)30(32)33/h3-14,17H,16H2,1-2H3,(H,29,31)/b21-11-/t17-/m0/s1. The highest BCUT2D eigenvalue weighted by Gasteiger charge is 2.16. The van der Waals surface area contributed by atoms with Crippen molar-refractivity contribution in [2.45, 2.75) is 19.6 Å². The summed E-state index contributed by atoms with van der Waals surface area (Å²) in [5, 5.41) is 23.4. The third-order valence-corrected chi connectivity index (χ3v) is 5.88. The van der Waals surface area contributed by atoms with Gasteiger partial charge in [-0.1, -0.05) is 42.5 Å². The SMILES string of the molecule is COc1cc(/C=C(/C#N)C(=O)N[C@@H](C)c2ccccc2)cc(I)c1OCc1cccc([N+](=O)[O-])c1. The molecule has 0 radical (unpaired) electrons. The van der Waals surface area contributed by atoms with Gasteiger partial charge in [-0.25, -0.2) is 0 Å². The third kappa shape index (κ3) is 6.80. The van der Waals surface area contributed by atoms with Crippen LogP contribution in [0.15, 0.2) is 72.3 Å². The molecular formula is C26H22IN3O5. The van der Waals surface area contributed by atoms with E-state index in [2.05, 4.69) is 27.9 Å². The van der Waals surface area contributed by atoms with Crippen molar-refractivity contribution in [3.05, 3.63) is 103 Å². The Morgan fingerprint density at radius 2 is 1.94 bits per heavy atom. The van der Waals surface area contributed by atoms with Gasteiger partial charge in [0, 0.05) is 12.1 Å². The molecule has 0 saturated carbocycles. The zero-order chi connectivity index (χ0) is 25.4.